The molecule has 0 N–H and O–H groups in total. The van der Waals surface area contributed by atoms with Gasteiger partial charge >= 0.3 is 0 Å². The molecule has 29 rings (SSSR count). The predicted octanol–water partition coefficient (Wildman–Crippen LogP) is 38.0. The number of aromatic nitrogens is 3. The number of hydrogen-bond acceptors (Lipinski definition) is 3. The van der Waals surface area contributed by atoms with E-state index in [-0.39, 0.29) is 16.2 Å². The van der Waals surface area contributed by atoms with Gasteiger partial charge in [-0.1, -0.05) is 381 Å². The maximum absolute atomic E-state index is 2.44. The van der Waals surface area contributed by atoms with E-state index in [1.165, 1.54) is 221 Å². The van der Waals surface area contributed by atoms with Gasteiger partial charge in [-0.05, 0) is 280 Å². The van der Waals surface area contributed by atoms with Crippen LogP contribution in [0.1, 0.15) is 74.9 Å². The number of anilines is 9. The van der Waals surface area contributed by atoms with E-state index in [0.717, 1.165) is 34.1 Å². The van der Waals surface area contributed by atoms with Gasteiger partial charge in [-0.3, -0.25) is 0 Å². The zero-order valence-corrected chi connectivity index (χ0v) is 81.7. The Kier molecular flexibility index (Phi) is 20.2. The monoisotopic (exact) mass is 1850 g/mol. The van der Waals surface area contributed by atoms with E-state index in [1.54, 1.807) is 0 Å². The molecule has 0 bridgehead atoms. The van der Waals surface area contributed by atoms with E-state index < -0.39 is 0 Å². The second-order valence-corrected chi connectivity index (χ2v) is 40.6. The number of hydrogen-bond donors (Lipinski definition) is 0. The van der Waals surface area contributed by atoms with Crippen LogP contribution in [0.5, 0.6) is 0 Å². The van der Waals surface area contributed by atoms with Crippen LogP contribution in [0.4, 0.5) is 51.2 Å². The van der Waals surface area contributed by atoms with Crippen LogP contribution >= 0.6 is 0 Å². The minimum absolute atomic E-state index is 0.165. The zero-order chi connectivity index (χ0) is 96.9. The summed E-state index contributed by atoms with van der Waals surface area (Å²) in [5, 5.41) is 17.7. The number of fused-ring (bicyclic) bond motifs is 23. The fourth-order valence-electron chi connectivity index (χ4n) is 24.4. The SMILES string of the molecule is CC1(C)c2cc(N(c3ccc(-c4ccccc4)cc3)c3cccc4ccccc34)ccc2-c2ccc(-n3c4ccccc4c4ccccc43)cc21.CC1(C)c2cc(N(c3ccccc3)c3cc4ccccc4c4ccccc34)ccc2-c2ccc(-n3c4ccccc4c4ccccc43)cc21.CC1(C)c2cc(N(c3ccccc3)c3ccc4ccccc4c3)ccc2-c2ccc(-n3c4ccccc4c4ccccc43)cc21. The summed E-state index contributed by atoms with van der Waals surface area (Å²) in [6.07, 6.45) is 0. The first kappa shape index (κ1) is 86.0. The minimum Gasteiger partial charge on any atom is -0.310 e. The highest BCUT2D eigenvalue weighted by Gasteiger charge is 2.41. The zero-order valence-electron chi connectivity index (χ0n) is 81.7. The second kappa shape index (κ2) is 34.1. The molecule has 0 saturated heterocycles. The van der Waals surface area contributed by atoms with Gasteiger partial charge in [-0.15, -0.1) is 0 Å². The van der Waals surface area contributed by atoms with Crippen molar-refractivity contribution in [3.8, 4) is 61.6 Å². The van der Waals surface area contributed by atoms with Crippen molar-refractivity contribution in [3.05, 3.63) is 543 Å². The molecular weight excluding hydrogens is 1750 g/mol. The molecule has 3 aliphatic rings. The summed E-state index contributed by atoms with van der Waals surface area (Å²) in [5.74, 6) is 0. The molecule has 0 amide bonds. The lowest BCUT2D eigenvalue weighted by molar-refractivity contribution is 0.660. The first-order valence-electron chi connectivity index (χ1n) is 50.6. The summed E-state index contributed by atoms with van der Waals surface area (Å²) in [5.41, 5.74) is 39.3. The summed E-state index contributed by atoms with van der Waals surface area (Å²) in [4.78, 5) is 7.26. The molecule has 6 heteroatoms. The highest BCUT2D eigenvalue weighted by molar-refractivity contribution is 6.16. The summed E-state index contributed by atoms with van der Waals surface area (Å²) in [6.45, 7) is 14.3. The number of rotatable bonds is 13. The van der Waals surface area contributed by atoms with Crippen molar-refractivity contribution < 1.29 is 0 Å². The topological polar surface area (TPSA) is 24.5 Å². The molecule has 0 fully saturated rings. The largest absolute Gasteiger partial charge is 0.310 e. The maximum atomic E-state index is 2.44. The molecule has 23 aromatic carbocycles. The maximum Gasteiger partial charge on any atom is 0.0546 e. The fraction of sp³-hybridized carbons (Fsp3) is 0.0647. The van der Waals surface area contributed by atoms with Crippen LogP contribution in [0.2, 0.25) is 0 Å². The lowest BCUT2D eigenvalue weighted by Gasteiger charge is -2.29. The van der Waals surface area contributed by atoms with E-state index in [1.807, 2.05) is 0 Å². The van der Waals surface area contributed by atoms with E-state index in [9.17, 15) is 0 Å². The molecule has 26 aromatic rings. The predicted molar refractivity (Wildman–Crippen MR) is 615 cm³/mol. The van der Waals surface area contributed by atoms with E-state index >= 15 is 0 Å². The van der Waals surface area contributed by atoms with E-state index in [2.05, 4.69) is 580 Å². The Morgan fingerprint density at radius 1 is 0.152 bits per heavy atom. The minimum atomic E-state index is -0.197. The number of nitrogens with zero attached hydrogens (tertiary/aromatic N) is 6. The molecule has 0 unspecified atom stereocenters. The molecule has 0 saturated carbocycles. The Morgan fingerprint density at radius 3 is 0.855 bits per heavy atom. The summed E-state index contributed by atoms with van der Waals surface area (Å²) in [7, 11) is 0. The van der Waals surface area contributed by atoms with Gasteiger partial charge in [0.1, 0.15) is 0 Å². The summed E-state index contributed by atoms with van der Waals surface area (Å²) >= 11 is 0. The first-order chi connectivity index (χ1) is 71.2. The normalized spacial score (nSPS) is 13.2. The Bertz CT molecular complexity index is 9530. The molecule has 145 heavy (non-hydrogen) atoms. The molecule has 3 heterocycles. The second-order valence-electron chi connectivity index (χ2n) is 40.6. The van der Waals surface area contributed by atoms with Gasteiger partial charge in [0.2, 0.25) is 0 Å². The molecule has 0 radical (unpaired) electrons. The average Bonchev–Trinajstić information content (AvgIpc) is 1.58. The van der Waals surface area contributed by atoms with Gasteiger partial charge in [-0.2, -0.15) is 0 Å². The van der Waals surface area contributed by atoms with Crippen molar-refractivity contribution in [2.24, 2.45) is 0 Å². The van der Waals surface area contributed by atoms with Gasteiger partial charge in [0.15, 0.2) is 0 Å². The van der Waals surface area contributed by atoms with Crippen LogP contribution in [-0.4, -0.2) is 13.7 Å². The quantitative estimate of drug-likeness (QED) is 0.108. The third-order valence-corrected chi connectivity index (χ3v) is 31.5. The molecule has 0 aliphatic heterocycles. The lowest BCUT2D eigenvalue weighted by Crippen LogP contribution is -2.17. The van der Waals surface area contributed by atoms with Gasteiger partial charge in [0, 0.05) is 116 Å². The summed E-state index contributed by atoms with van der Waals surface area (Å²) < 4.78 is 7.28. The van der Waals surface area contributed by atoms with Crippen molar-refractivity contribution in [2.75, 3.05) is 14.7 Å². The van der Waals surface area contributed by atoms with E-state index in [0.29, 0.717) is 0 Å². The molecule has 6 nitrogen and oxygen atoms in total. The Morgan fingerprint density at radius 2 is 0.428 bits per heavy atom. The molecule has 0 spiro atoms. The highest BCUT2D eigenvalue weighted by Crippen LogP contribution is 2.57. The number of para-hydroxylation sites is 8. The van der Waals surface area contributed by atoms with Gasteiger partial charge in [0.05, 0.1) is 44.5 Å². The van der Waals surface area contributed by atoms with Gasteiger partial charge in [-0.25, -0.2) is 0 Å². The van der Waals surface area contributed by atoms with Crippen molar-refractivity contribution in [3.63, 3.8) is 0 Å². The number of benzene rings is 23. The molecule has 0 atom stereocenters. The Hall–Kier alpha value is -18.1. The summed E-state index contributed by atoms with van der Waals surface area (Å²) in [6, 6.07) is 187. The Labute approximate surface area is 844 Å². The first-order valence-corrected chi connectivity index (χ1v) is 50.6. The van der Waals surface area contributed by atoms with Crippen molar-refractivity contribution in [2.45, 2.75) is 57.8 Å². The fourth-order valence-corrected chi connectivity index (χ4v) is 24.4. The molecule has 688 valence electrons. The van der Waals surface area contributed by atoms with Gasteiger partial charge in [0.25, 0.3) is 0 Å². The van der Waals surface area contributed by atoms with Crippen LogP contribution in [0.15, 0.2) is 510 Å². The van der Waals surface area contributed by atoms with Crippen molar-refractivity contribution >= 4 is 160 Å². The highest BCUT2D eigenvalue weighted by atomic mass is 15.2. The van der Waals surface area contributed by atoms with Crippen LogP contribution in [0.3, 0.4) is 0 Å². The van der Waals surface area contributed by atoms with Crippen LogP contribution < -0.4 is 14.7 Å². The van der Waals surface area contributed by atoms with Crippen LogP contribution in [-0.2, 0) is 16.2 Å². The molecular formula is C139H102N6. The lowest BCUT2D eigenvalue weighted by atomic mass is 9.82. The Balaban J connectivity index is 0.000000108. The van der Waals surface area contributed by atoms with Crippen LogP contribution in [0.25, 0.3) is 170 Å². The third-order valence-electron chi connectivity index (χ3n) is 31.5. The van der Waals surface area contributed by atoms with Crippen molar-refractivity contribution in [1.29, 1.82) is 0 Å². The standard InChI is InChI=1S/C49H36N2.C47H34N2.C43H32N2/c1-49(2)44-31-37(50(46-22-12-16-35-15-6-7-17-39(35)46)36-25-23-34(24-26-36)33-13-4-3-5-14-33)27-29-40(44)41-30-28-38(32-45(41)49)51-47-20-10-8-18-42(47)43-19-9-11-21-48(43)51;1-47(2)42-29-33(48(32-15-4-3-5-16-32)46-28-31-14-6-7-17-35(31)36-18-8-9-19-39(36)46)24-26-37(42)38-27-25-34(30-43(38)47)49-44-22-12-10-20-40(44)41-21-11-13-23-45(41)49;1-43(2)39-27-33(44(31-14-4-3-5-15-31)32-21-20-29-12-6-7-13-30(29)26-32)22-24-35(39)36-25-23-34(28-40(36)43)45-41-18-10-8-16-37(41)38-17-9-11-19-42(38)45/h3-32H,1-2H3;3-30H,1-2H3;3-28H,1-2H3. The molecule has 3 aliphatic carbocycles. The third kappa shape index (κ3) is 14.0. The molecule has 3 aromatic heterocycles. The smallest absolute Gasteiger partial charge is 0.0546 e. The van der Waals surface area contributed by atoms with Crippen LogP contribution in [0, 0.1) is 0 Å². The van der Waals surface area contributed by atoms with E-state index in [4.69, 9.17) is 0 Å². The van der Waals surface area contributed by atoms with Gasteiger partial charge < -0.3 is 28.4 Å². The van der Waals surface area contributed by atoms with Crippen molar-refractivity contribution in [1.82, 2.24) is 13.7 Å². The average molecular weight is 1860 g/mol.